The lowest BCUT2D eigenvalue weighted by atomic mass is 10.1. The number of anilines is 2. The number of aryl methyl sites for hydroxylation is 1. The maximum Gasteiger partial charge on any atom is 0.341 e. The van der Waals surface area contributed by atoms with Gasteiger partial charge in [-0.3, -0.25) is 0 Å². The van der Waals surface area contributed by atoms with Gasteiger partial charge in [-0.15, -0.1) is 11.3 Å². The number of rotatable bonds is 4. The Morgan fingerprint density at radius 1 is 1.22 bits per heavy atom. The molecule has 0 saturated heterocycles. The van der Waals surface area contributed by atoms with E-state index in [0.29, 0.717) is 33.0 Å². The van der Waals surface area contributed by atoms with E-state index in [-0.39, 0.29) is 5.97 Å². The molecule has 144 valence electrons. The van der Waals surface area contributed by atoms with E-state index in [0.717, 1.165) is 36.2 Å². The van der Waals surface area contributed by atoms with E-state index in [1.165, 1.54) is 11.3 Å². The van der Waals surface area contributed by atoms with Gasteiger partial charge in [0.25, 0.3) is 0 Å². The van der Waals surface area contributed by atoms with E-state index < -0.39 is 0 Å². The van der Waals surface area contributed by atoms with Crippen LogP contribution in [0, 0.1) is 0 Å². The lowest BCUT2D eigenvalue weighted by Crippen LogP contribution is -2.20. The smallest absolute Gasteiger partial charge is 0.341 e. The Morgan fingerprint density at radius 2 is 2.00 bits per heavy atom. The van der Waals surface area contributed by atoms with Gasteiger partial charge in [-0.2, -0.15) is 0 Å². The normalized spacial score (nSPS) is 13.4. The molecule has 0 fully saturated rings. The highest BCUT2D eigenvalue weighted by Crippen LogP contribution is 2.38. The first-order valence-corrected chi connectivity index (χ1v) is 10.8. The second-order valence-corrected chi connectivity index (χ2v) is 8.47. The molecule has 3 rings (SSSR count). The summed E-state index contributed by atoms with van der Waals surface area (Å²) >= 11 is 19.3. The Kier molecular flexibility index (Phi) is 6.98. The summed E-state index contributed by atoms with van der Waals surface area (Å²) in [6.07, 6.45) is 5.27. The van der Waals surface area contributed by atoms with Crippen molar-refractivity contribution in [1.29, 1.82) is 0 Å². The molecular weight excluding hydrogens is 423 g/mol. The Morgan fingerprint density at radius 3 is 2.78 bits per heavy atom. The quantitative estimate of drug-likeness (QED) is 0.330. The van der Waals surface area contributed by atoms with Crippen molar-refractivity contribution in [2.45, 2.75) is 39.0 Å². The molecule has 8 heteroatoms. The number of hydrogen-bond acceptors (Lipinski definition) is 4. The summed E-state index contributed by atoms with van der Waals surface area (Å²) in [6, 6.07) is 5.29. The van der Waals surface area contributed by atoms with Gasteiger partial charge in [-0.1, -0.05) is 35.7 Å². The number of carbonyl (C=O) groups is 1. The first kappa shape index (κ1) is 20.4. The minimum atomic E-state index is -0.303. The average molecular weight is 443 g/mol. The molecule has 1 aromatic carbocycles. The molecule has 1 heterocycles. The molecule has 1 aliphatic carbocycles. The van der Waals surface area contributed by atoms with Gasteiger partial charge in [0, 0.05) is 4.88 Å². The van der Waals surface area contributed by atoms with Gasteiger partial charge < -0.3 is 15.4 Å². The SMILES string of the molecule is CCOC(=O)c1c(NC(=S)Nc2cccc(Cl)c2Cl)sc2c1CCCCC2. The molecule has 0 spiro atoms. The van der Waals surface area contributed by atoms with Crippen LogP contribution >= 0.6 is 46.8 Å². The van der Waals surface area contributed by atoms with Gasteiger partial charge in [-0.05, 0) is 62.5 Å². The average Bonchev–Trinajstić information content (AvgIpc) is 2.80. The third-order valence-electron chi connectivity index (χ3n) is 4.33. The third-order valence-corrected chi connectivity index (χ3v) is 6.56. The molecule has 27 heavy (non-hydrogen) atoms. The van der Waals surface area contributed by atoms with Crippen LogP contribution in [0.5, 0.6) is 0 Å². The molecule has 1 aromatic heterocycles. The van der Waals surface area contributed by atoms with Crippen LogP contribution < -0.4 is 10.6 Å². The van der Waals surface area contributed by atoms with Crippen LogP contribution in [0.1, 0.15) is 47.0 Å². The van der Waals surface area contributed by atoms with Gasteiger partial charge in [0.05, 0.1) is 27.9 Å². The predicted molar refractivity (Wildman–Crippen MR) is 118 cm³/mol. The topological polar surface area (TPSA) is 50.4 Å². The summed E-state index contributed by atoms with van der Waals surface area (Å²) in [6.45, 7) is 2.15. The Hall–Kier alpha value is -1.34. The van der Waals surface area contributed by atoms with Crippen LogP contribution in [-0.4, -0.2) is 17.7 Å². The van der Waals surface area contributed by atoms with Crippen molar-refractivity contribution in [3.8, 4) is 0 Å². The number of esters is 1. The van der Waals surface area contributed by atoms with Crippen LogP contribution in [0.4, 0.5) is 10.7 Å². The fraction of sp³-hybridized carbons (Fsp3) is 0.368. The number of fused-ring (bicyclic) bond motifs is 1. The van der Waals surface area contributed by atoms with E-state index >= 15 is 0 Å². The van der Waals surface area contributed by atoms with E-state index in [1.807, 2.05) is 6.92 Å². The fourth-order valence-electron chi connectivity index (χ4n) is 3.11. The minimum absolute atomic E-state index is 0.303. The van der Waals surface area contributed by atoms with Crippen molar-refractivity contribution in [3.63, 3.8) is 0 Å². The van der Waals surface area contributed by atoms with E-state index in [9.17, 15) is 4.79 Å². The molecule has 1 aliphatic rings. The van der Waals surface area contributed by atoms with Crippen molar-refractivity contribution in [1.82, 2.24) is 0 Å². The standard InChI is InChI=1S/C19H20Cl2N2O2S2/c1-2-25-18(24)15-11-7-4-3-5-10-14(11)27-17(15)23-19(26)22-13-9-6-8-12(20)16(13)21/h6,8-9H,2-5,7,10H2,1H3,(H2,22,23,26). The molecule has 0 aliphatic heterocycles. The highest BCUT2D eigenvalue weighted by atomic mass is 35.5. The number of thiocarbonyl (C=S) groups is 1. The van der Waals surface area contributed by atoms with Crippen molar-refractivity contribution < 1.29 is 9.53 Å². The lowest BCUT2D eigenvalue weighted by Gasteiger charge is -2.13. The lowest BCUT2D eigenvalue weighted by molar-refractivity contribution is 0.0527. The van der Waals surface area contributed by atoms with Crippen LogP contribution in [0.15, 0.2) is 18.2 Å². The first-order chi connectivity index (χ1) is 13.0. The van der Waals surface area contributed by atoms with Gasteiger partial charge in [-0.25, -0.2) is 4.79 Å². The highest BCUT2D eigenvalue weighted by molar-refractivity contribution is 7.80. The second-order valence-electron chi connectivity index (χ2n) is 6.17. The molecule has 0 bridgehead atoms. The van der Waals surface area contributed by atoms with E-state index in [4.69, 9.17) is 40.2 Å². The zero-order valence-electron chi connectivity index (χ0n) is 14.9. The highest BCUT2D eigenvalue weighted by Gasteiger charge is 2.26. The fourth-order valence-corrected chi connectivity index (χ4v) is 5.01. The number of benzene rings is 1. The van der Waals surface area contributed by atoms with Crippen molar-refractivity contribution in [3.05, 3.63) is 44.2 Å². The molecule has 0 unspecified atom stereocenters. The van der Waals surface area contributed by atoms with Crippen LogP contribution in [-0.2, 0) is 17.6 Å². The number of halogens is 2. The molecule has 2 N–H and O–H groups in total. The van der Waals surface area contributed by atoms with Gasteiger partial charge in [0.15, 0.2) is 5.11 Å². The Balaban J connectivity index is 1.86. The molecule has 2 aromatic rings. The summed E-state index contributed by atoms with van der Waals surface area (Å²) in [5.74, 6) is -0.303. The summed E-state index contributed by atoms with van der Waals surface area (Å²) in [4.78, 5) is 13.8. The summed E-state index contributed by atoms with van der Waals surface area (Å²) in [7, 11) is 0. The summed E-state index contributed by atoms with van der Waals surface area (Å²) < 4.78 is 5.29. The number of nitrogens with one attached hydrogen (secondary N) is 2. The van der Waals surface area contributed by atoms with Gasteiger partial charge in [0.1, 0.15) is 5.00 Å². The van der Waals surface area contributed by atoms with E-state index in [2.05, 4.69) is 10.6 Å². The molecular formula is C19H20Cl2N2O2S2. The first-order valence-electron chi connectivity index (χ1n) is 8.85. The zero-order valence-corrected chi connectivity index (χ0v) is 18.0. The molecule has 4 nitrogen and oxygen atoms in total. The molecule has 0 saturated carbocycles. The second kappa shape index (κ2) is 9.24. The van der Waals surface area contributed by atoms with Crippen LogP contribution in [0.25, 0.3) is 0 Å². The van der Waals surface area contributed by atoms with Crippen molar-refractivity contribution in [2.75, 3.05) is 17.2 Å². The minimum Gasteiger partial charge on any atom is -0.462 e. The third kappa shape index (κ3) is 4.74. The Labute approximate surface area is 178 Å². The summed E-state index contributed by atoms with van der Waals surface area (Å²) in [5.41, 5.74) is 2.32. The zero-order chi connectivity index (χ0) is 19.4. The number of carbonyl (C=O) groups excluding carboxylic acids is 1. The van der Waals surface area contributed by atoms with Crippen LogP contribution in [0.2, 0.25) is 10.0 Å². The predicted octanol–water partition coefficient (Wildman–Crippen LogP) is 6.31. The van der Waals surface area contributed by atoms with Crippen molar-refractivity contribution >= 4 is 68.5 Å². The number of ether oxygens (including phenoxy) is 1. The largest absolute Gasteiger partial charge is 0.462 e. The van der Waals surface area contributed by atoms with E-state index in [1.54, 1.807) is 29.5 Å². The summed E-state index contributed by atoms with van der Waals surface area (Å²) in [5, 5.41) is 8.12. The Bertz CT molecular complexity index is 868. The maximum atomic E-state index is 12.6. The molecule has 0 radical (unpaired) electrons. The maximum absolute atomic E-state index is 12.6. The monoisotopic (exact) mass is 442 g/mol. The molecule has 0 amide bonds. The van der Waals surface area contributed by atoms with Gasteiger partial charge >= 0.3 is 5.97 Å². The van der Waals surface area contributed by atoms with Crippen molar-refractivity contribution in [2.24, 2.45) is 0 Å². The van der Waals surface area contributed by atoms with Crippen LogP contribution in [0.3, 0.4) is 0 Å². The number of thiophene rings is 1. The molecule has 0 atom stereocenters. The van der Waals surface area contributed by atoms with Gasteiger partial charge in [0.2, 0.25) is 0 Å². The number of hydrogen-bond donors (Lipinski definition) is 2.